The Morgan fingerprint density at radius 1 is 1.13 bits per heavy atom. The number of amidine groups is 1. The smallest absolute Gasteiger partial charge is 0.151 e. The number of nitrogens with zero attached hydrogens (tertiary/aromatic N) is 2. The van der Waals surface area contributed by atoms with Crippen LogP contribution >= 0.6 is 0 Å². The van der Waals surface area contributed by atoms with Crippen molar-refractivity contribution in [1.29, 1.82) is 0 Å². The van der Waals surface area contributed by atoms with Crippen LogP contribution < -0.4 is 5.32 Å². The lowest BCUT2D eigenvalue weighted by atomic mass is 10.1. The van der Waals surface area contributed by atoms with Crippen LogP contribution in [0.2, 0.25) is 0 Å². The van der Waals surface area contributed by atoms with Gasteiger partial charge in [-0.1, -0.05) is 25.1 Å². The van der Waals surface area contributed by atoms with Crippen molar-refractivity contribution in [2.45, 2.75) is 41.0 Å². The van der Waals surface area contributed by atoms with Gasteiger partial charge in [0, 0.05) is 23.7 Å². The number of halogens is 1. The standard InChI is InChI=1S/C25H28FN3O/c1-6-12-27-25(29-23-11-10-22(16-30)20(7-2)13-23)19(5)28-15-18(4)21-9-8-17(3)24(26)14-21/h6,8-16H,7H2,1-5H3,(H,27,29)/b12-6-,18-15+,28-19+. The number of aldehydes is 1. The van der Waals surface area contributed by atoms with Crippen molar-refractivity contribution in [3.8, 4) is 0 Å². The summed E-state index contributed by atoms with van der Waals surface area (Å²) in [7, 11) is 0. The number of hydrogen-bond acceptors (Lipinski definition) is 3. The third-order valence-electron chi connectivity index (χ3n) is 4.69. The van der Waals surface area contributed by atoms with Crippen LogP contribution in [-0.4, -0.2) is 17.8 Å². The zero-order chi connectivity index (χ0) is 22.1. The molecule has 0 amide bonds. The molecular formula is C25H28FN3O. The van der Waals surface area contributed by atoms with Crippen LogP contribution in [-0.2, 0) is 6.42 Å². The number of rotatable bonds is 7. The molecule has 4 nitrogen and oxygen atoms in total. The molecule has 0 bridgehead atoms. The highest BCUT2D eigenvalue weighted by Crippen LogP contribution is 2.18. The Kier molecular flexibility index (Phi) is 8.41. The molecule has 5 heteroatoms. The fourth-order valence-electron chi connectivity index (χ4n) is 2.77. The summed E-state index contributed by atoms with van der Waals surface area (Å²) in [5.41, 5.74) is 5.41. The van der Waals surface area contributed by atoms with Gasteiger partial charge in [0.2, 0.25) is 0 Å². The average Bonchev–Trinajstić information content (AvgIpc) is 2.76. The van der Waals surface area contributed by atoms with Crippen molar-refractivity contribution in [2.24, 2.45) is 9.98 Å². The van der Waals surface area contributed by atoms with Crippen molar-refractivity contribution in [3.63, 3.8) is 0 Å². The number of anilines is 1. The molecule has 1 N–H and O–H groups in total. The van der Waals surface area contributed by atoms with Gasteiger partial charge in [-0.2, -0.15) is 0 Å². The van der Waals surface area contributed by atoms with Gasteiger partial charge in [-0.25, -0.2) is 9.38 Å². The van der Waals surface area contributed by atoms with E-state index in [2.05, 4.69) is 15.3 Å². The van der Waals surface area contributed by atoms with E-state index in [0.717, 1.165) is 35.1 Å². The van der Waals surface area contributed by atoms with E-state index in [4.69, 9.17) is 0 Å². The third-order valence-corrected chi connectivity index (χ3v) is 4.69. The molecule has 30 heavy (non-hydrogen) atoms. The van der Waals surface area contributed by atoms with Crippen molar-refractivity contribution >= 4 is 29.1 Å². The molecule has 2 rings (SSSR count). The molecule has 0 aromatic heterocycles. The Morgan fingerprint density at radius 2 is 1.90 bits per heavy atom. The molecular weight excluding hydrogens is 377 g/mol. The van der Waals surface area contributed by atoms with Gasteiger partial charge in [0.25, 0.3) is 0 Å². The quantitative estimate of drug-likeness (QED) is 0.330. The van der Waals surface area contributed by atoms with E-state index in [9.17, 15) is 9.18 Å². The normalized spacial score (nSPS) is 13.1. The summed E-state index contributed by atoms with van der Waals surface area (Å²) >= 11 is 0. The van der Waals surface area contributed by atoms with Gasteiger partial charge >= 0.3 is 0 Å². The second-order valence-corrected chi connectivity index (χ2v) is 6.96. The summed E-state index contributed by atoms with van der Waals surface area (Å²) in [4.78, 5) is 20.1. The fourth-order valence-corrected chi connectivity index (χ4v) is 2.77. The molecule has 2 aromatic carbocycles. The van der Waals surface area contributed by atoms with Crippen molar-refractivity contribution < 1.29 is 9.18 Å². The number of benzene rings is 2. The van der Waals surface area contributed by atoms with Gasteiger partial charge in [0.05, 0.1) is 5.71 Å². The number of allylic oxidation sites excluding steroid dienone is 2. The van der Waals surface area contributed by atoms with E-state index in [1.807, 2.05) is 52.0 Å². The highest BCUT2D eigenvalue weighted by atomic mass is 19.1. The first kappa shape index (κ1) is 22.9. The van der Waals surface area contributed by atoms with Gasteiger partial charge in [-0.05, 0) is 80.6 Å². The fraction of sp³-hybridized carbons (Fsp3) is 0.240. The minimum Gasteiger partial charge on any atom is -0.339 e. The minimum absolute atomic E-state index is 0.233. The van der Waals surface area contributed by atoms with Crippen molar-refractivity contribution in [3.05, 3.63) is 82.9 Å². The lowest BCUT2D eigenvalue weighted by Gasteiger charge is -2.11. The lowest BCUT2D eigenvalue weighted by Crippen LogP contribution is -2.20. The van der Waals surface area contributed by atoms with Gasteiger partial charge < -0.3 is 5.32 Å². The van der Waals surface area contributed by atoms with Gasteiger partial charge in [0.15, 0.2) is 5.84 Å². The number of hydrogen-bond donors (Lipinski definition) is 1. The van der Waals surface area contributed by atoms with Crippen molar-refractivity contribution in [1.82, 2.24) is 0 Å². The van der Waals surface area contributed by atoms with E-state index in [1.54, 1.807) is 31.5 Å². The van der Waals surface area contributed by atoms with E-state index < -0.39 is 0 Å². The largest absolute Gasteiger partial charge is 0.339 e. The Morgan fingerprint density at radius 3 is 2.53 bits per heavy atom. The molecule has 0 radical (unpaired) electrons. The first-order chi connectivity index (χ1) is 14.4. The topological polar surface area (TPSA) is 53.8 Å². The Hall–Kier alpha value is -3.34. The molecule has 0 saturated heterocycles. The molecule has 0 fully saturated rings. The zero-order valence-electron chi connectivity index (χ0n) is 18.2. The monoisotopic (exact) mass is 405 g/mol. The highest BCUT2D eigenvalue weighted by Gasteiger charge is 2.07. The molecule has 0 atom stereocenters. The maximum Gasteiger partial charge on any atom is 0.151 e. The summed E-state index contributed by atoms with van der Waals surface area (Å²) in [6, 6.07) is 10.7. The SMILES string of the molecule is C\C=C/N=C(Nc1ccc(C=O)c(CC)c1)\C(C)=N\C=C(/C)c1ccc(C)c(F)c1. The van der Waals surface area contributed by atoms with Crippen LogP contribution in [0.25, 0.3) is 5.57 Å². The molecule has 0 spiro atoms. The second-order valence-electron chi connectivity index (χ2n) is 6.96. The summed E-state index contributed by atoms with van der Waals surface area (Å²) in [6.45, 7) is 9.38. The van der Waals surface area contributed by atoms with E-state index >= 15 is 0 Å². The number of nitrogens with one attached hydrogen (secondary N) is 1. The number of carbonyl (C=O) groups is 1. The molecule has 0 aliphatic heterocycles. The Bertz CT molecular complexity index is 1030. The minimum atomic E-state index is -0.233. The predicted molar refractivity (Wildman–Crippen MR) is 125 cm³/mol. The van der Waals surface area contributed by atoms with Crippen molar-refractivity contribution in [2.75, 3.05) is 5.32 Å². The molecule has 0 aliphatic rings. The predicted octanol–water partition coefficient (Wildman–Crippen LogP) is 6.37. The molecule has 2 aromatic rings. The van der Waals surface area contributed by atoms with Gasteiger partial charge in [-0.15, -0.1) is 0 Å². The Labute approximate surface area is 178 Å². The summed E-state index contributed by atoms with van der Waals surface area (Å²) < 4.78 is 13.8. The maximum absolute atomic E-state index is 13.8. The van der Waals surface area contributed by atoms with Gasteiger partial charge in [-0.3, -0.25) is 9.79 Å². The maximum atomic E-state index is 13.8. The average molecular weight is 406 g/mol. The highest BCUT2D eigenvalue weighted by molar-refractivity contribution is 6.45. The van der Waals surface area contributed by atoms with Crippen LogP contribution in [0.15, 0.2) is 64.9 Å². The first-order valence-corrected chi connectivity index (χ1v) is 9.91. The van der Waals surface area contributed by atoms with Crippen LogP contribution in [0.5, 0.6) is 0 Å². The van der Waals surface area contributed by atoms with Crippen LogP contribution in [0, 0.1) is 12.7 Å². The second kappa shape index (κ2) is 11.0. The van der Waals surface area contributed by atoms with Crippen LogP contribution in [0.3, 0.4) is 0 Å². The summed E-state index contributed by atoms with van der Waals surface area (Å²) in [5.74, 6) is 0.358. The molecule has 0 aliphatic carbocycles. The summed E-state index contributed by atoms with van der Waals surface area (Å²) in [6.07, 6.45) is 6.85. The molecule has 0 saturated carbocycles. The zero-order valence-corrected chi connectivity index (χ0v) is 18.2. The molecule has 0 heterocycles. The van der Waals surface area contributed by atoms with Gasteiger partial charge in [0.1, 0.15) is 12.1 Å². The van der Waals surface area contributed by atoms with Crippen LogP contribution in [0.1, 0.15) is 54.7 Å². The van der Waals surface area contributed by atoms with E-state index in [0.29, 0.717) is 22.7 Å². The molecule has 0 unspecified atom stereocenters. The van der Waals surface area contributed by atoms with Crippen LogP contribution in [0.4, 0.5) is 10.1 Å². The third kappa shape index (κ3) is 6.08. The summed E-state index contributed by atoms with van der Waals surface area (Å²) in [5, 5.41) is 3.28. The Balaban J connectivity index is 2.32. The van der Waals surface area contributed by atoms with E-state index in [1.165, 1.54) is 6.07 Å². The molecule has 156 valence electrons. The number of carbonyl (C=O) groups excluding carboxylic acids is 1. The first-order valence-electron chi connectivity index (χ1n) is 9.91. The lowest BCUT2D eigenvalue weighted by molar-refractivity contribution is 0.112. The number of aliphatic imine (C=N–C) groups is 2. The number of aryl methyl sites for hydroxylation is 2. The van der Waals surface area contributed by atoms with E-state index in [-0.39, 0.29) is 5.82 Å².